The van der Waals surface area contributed by atoms with Crippen molar-refractivity contribution in [3.8, 4) is 0 Å². The monoisotopic (exact) mass is 270 g/mol. The highest BCUT2D eigenvalue weighted by Crippen LogP contribution is 2.21. The van der Waals surface area contributed by atoms with Gasteiger partial charge in [-0.05, 0) is 25.1 Å². The van der Waals surface area contributed by atoms with Crippen molar-refractivity contribution in [1.29, 1.82) is 0 Å². The zero-order chi connectivity index (χ0) is 14.2. The van der Waals surface area contributed by atoms with E-state index in [1.165, 1.54) is 25.1 Å². The van der Waals surface area contributed by atoms with E-state index in [9.17, 15) is 19.7 Å². The molecule has 0 spiro atoms. The molecule has 5 N–H and O–H groups in total. The van der Waals surface area contributed by atoms with Gasteiger partial charge in [-0.3, -0.25) is 0 Å². The Morgan fingerprint density at radius 1 is 1.16 bits per heavy atom. The largest absolute Gasteiger partial charge is 0.391 e. The van der Waals surface area contributed by atoms with E-state index in [0.29, 0.717) is 11.0 Å². The fourth-order valence-corrected chi connectivity index (χ4v) is 1.78. The summed E-state index contributed by atoms with van der Waals surface area (Å²) in [5, 5.41) is 38.2. The molecule has 1 aromatic heterocycles. The van der Waals surface area contributed by atoms with Gasteiger partial charge in [0, 0.05) is 0 Å². The Labute approximate surface area is 108 Å². The van der Waals surface area contributed by atoms with Crippen molar-refractivity contribution in [3.05, 3.63) is 29.8 Å². The molecule has 0 aliphatic heterocycles. The van der Waals surface area contributed by atoms with E-state index < -0.39 is 30.2 Å². The van der Waals surface area contributed by atoms with Crippen LogP contribution in [0.1, 0.15) is 18.9 Å². The predicted molar refractivity (Wildman–Crippen MR) is 64.7 cm³/mol. The minimum atomic E-state index is -1.61. The van der Waals surface area contributed by atoms with Crippen LogP contribution in [0.3, 0.4) is 0 Å². The molecular formula is C12H15FN2O4. The summed E-state index contributed by atoms with van der Waals surface area (Å²) in [6.07, 6.45) is -5.84. The number of nitrogens with zero attached hydrogens (tertiary/aromatic N) is 1. The van der Waals surface area contributed by atoms with Crippen molar-refractivity contribution in [2.75, 3.05) is 0 Å². The van der Waals surface area contributed by atoms with Crippen LogP contribution in [-0.2, 0) is 0 Å². The Kier molecular flexibility index (Phi) is 3.81. The molecule has 0 fully saturated rings. The molecular weight excluding hydrogens is 255 g/mol. The molecule has 4 atom stereocenters. The van der Waals surface area contributed by atoms with Gasteiger partial charge in [-0.25, -0.2) is 9.37 Å². The second-order valence-corrected chi connectivity index (χ2v) is 4.45. The summed E-state index contributed by atoms with van der Waals surface area (Å²) in [6, 6.07) is 3.85. The lowest BCUT2D eigenvalue weighted by Gasteiger charge is -2.23. The zero-order valence-corrected chi connectivity index (χ0v) is 10.2. The van der Waals surface area contributed by atoms with Gasteiger partial charge in [0.2, 0.25) is 0 Å². The Hall–Kier alpha value is -1.54. The smallest absolute Gasteiger partial charge is 0.140 e. The molecule has 0 saturated carbocycles. The number of aromatic amines is 1. The molecule has 0 bridgehead atoms. The lowest BCUT2D eigenvalue weighted by molar-refractivity contribution is -0.103. The minimum absolute atomic E-state index is 0.00667. The zero-order valence-electron chi connectivity index (χ0n) is 10.2. The Morgan fingerprint density at radius 2 is 1.84 bits per heavy atom. The molecule has 7 heteroatoms. The number of hydrogen-bond acceptors (Lipinski definition) is 5. The predicted octanol–water partition coefficient (Wildman–Crippen LogP) is -0.162. The third-order valence-corrected chi connectivity index (χ3v) is 2.91. The molecule has 0 amide bonds. The minimum Gasteiger partial charge on any atom is -0.391 e. The fourth-order valence-electron chi connectivity index (χ4n) is 1.78. The lowest BCUT2D eigenvalue weighted by Crippen LogP contribution is -2.39. The second-order valence-electron chi connectivity index (χ2n) is 4.45. The van der Waals surface area contributed by atoms with Crippen LogP contribution < -0.4 is 0 Å². The number of benzene rings is 1. The number of fused-ring (bicyclic) bond motifs is 1. The van der Waals surface area contributed by atoms with Crippen LogP contribution in [-0.4, -0.2) is 48.7 Å². The van der Waals surface area contributed by atoms with Gasteiger partial charge in [0.1, 0.15) is 30.0 Å². The highest BCUT2D eigenvalue weighted by molar-refractivity contribution is 5.75. The van der Waals surface area contributed by atoms with Crippen LogP contribution in [0, 0.1) is 5.82 Å². The van der Waals surface area contributed by atoms with Crippen molar-refractivity contribution >= 4 is 11.0 Å². The molecule has 0 radical (unpaired) electrons. The molecule has 0 aliphatic carbocycles. The van der Waals surface area contributed by atoms with Gasteiger partial charge in [-0.1, -0.05) is 0 Å². The number of H-pyrrole nitrogens is 1. The van der Waals surface area contributed by atoms with Gasteiger partial charge in [0.25, 0.3) is 0 Å². The second kappa shape index (κ2) is 5.22. The third kappa shape index (κ3) is 2.74. The van der Waals surface area contributed by atoms with E-state index in [0.717, 1.165) is 0 Å². The van der Waals surface area contributed by atoms with Crippen molar-refractivity contribution in [2.45, 2.75) is 31.3 Å². The maximum atomic E-state index is 13.0. The lowest BCUT2D eigenvalue weighted by atomic mass is 10.0. The first kappa shape index (κ1) is 13.9. The molecule has 1 aromatic carbocycles. The number of aliphatic hydroxyl groups is 4. The van der Waals surface area contributed by atoms with Crippen LogP contribution in [0.4, 0.5) is 4.39 Å². The highest BCUT2D eigenvalue weighted by atomic mass is 19.1. The summed E-state index contributed by atoms with van der Waals surface area (Å²) in [5.74, 6) is -0.463. The van der Waals surface area contributed by atoms with E-state index in [1.807, 2.05) is 0 Å². The summed E-state index contributed by atoms with van der Waals surface area (Å²) in [5.41, 5.74) is 0.793. The number of aromatic nitrogens is 2. The Morgan fingerprint density at radius 3 is 2.47 bits per heavy atom. The Bertz CT molecular complexity index is 572. The molecule has 104 valence electrons. The van der Waals surface area contributed by atoms with Crippen LogP contribution in [0.15, 0.2) is 18.2 Å². The number of nitrogens with one attached hydrogen (secondary N) is 1. The normalized spacial score (nSPS) is 18.2. The van der Waals surface area contributed by atoms with Gasteiger partial charge in [-0.15, -0.1) is 0 Å². The quantitative estimate of drug-likeness (QED) is 0.530. The maximum Gasteiger partial charge on any atom is 0.140 e. The van der Waals surface area contributed by atoms with E-state index in [4.69, 9.17) is 5.11 Å². The number of imidazole rings is 1. The van der Waals surface area contributed by atoms with Crippen LogP contribution in [0.25, 0.3) is 11.0 Å². The summed E-state index contributed by atoms with van der Waals surface area (Å²) in [7, 11) is 0. The highest BCUT2D eigenvalue weighted by Gasteiger charge is 2.31. The van der Waals surface area contributed by atoms with Crippen molar-refractivity contribution in [2.24, 2.45) is 0 Å². The molecule has 0 saturated heterocycles. The summed E-state index contributed by atoms with van der Waals surface area (Å²) in [4.78, 5) is 6.65. The van der Waals surface area contributed by atoms with Gasteiger partial charge < -0.3 is 25.4 Å². The Balaban J connectivity index is 2.28. The van der Waals surface area contributed by atoms with Crippen LogP contribution in [0.5, 0.6) is 0 Å². The van der Waals surface area contributed by atoms with Gasteiger partial charge in [0.15, 0.2) is 0 Å². The van der Waals surface area contributed by atoms with Crippen molar-refractivity contribution in [1.82, 2.24) is 9.97 Å². The van der Waals surface area contributed by atoms with E-state index in [1.54, 1.807) is 0 Å². The van der Waals surface area contributed by atoms with Crippen molar-refractivity contribution in [3.63, 3.8) is 0 Å². The average molecular weight is 270 g/mol. The summed E-state index contributed by atoms with van der Waals surface area (Å²) >= 11 is 0. The third-order valence-electron chi connectivity index (χ3n) is 2.91. The average Bonchev–Trinajstić information content (AvgIpc) is 2.78. The first-order valence-corrected chi connectivity index (χ1v) is 5.77. The number of rotatable bonds is 4. The SMILES string of the molecule is CC(O)[C@@H](O)C(O)C(O)c1nc2ccc(F)cc2[nH]1. The van der Waals surface area contributed by atoms with E-state index >= 15 is 0 Å². The molecule has 3 unspecified atom stereocenters. The van der Waals surface area contributed by atoms with Gasteiger partial charge in [0.05, 0.1) is 17.1 Å². The van der Waals surface area contributed by atoms with Crippen LogP contribution >= 0.6 is 0 Å². The maximum absolute atomic E-state index is 13.0. The molecule has 0 aliphatic rings. The topological polar surface area (TPSA) is 110 Å². The summed E-state index contributed by atoms with van der Waals surface area (Å²) < 4.78 is 13.0. The van der Waals surface area contributed by atoms with E-state index in [2.05, 4.69) is 9.97 Å². The molecule has 2 aromatic rings. The molecule has 2 rings (SSSR count). The number of halogens is 1. The summed E-state index contributed by atoms with van der Waals surface area (Å²) in [6.45, 7) is 1.29. The molecule has 1 heterocycles. The van der Waals surface area contributed by atoms with Crippen LogP contribution in [0.2, 0.25) is 0 Å². The standard InChI is InChI=1S/C12H15FN2O4/c1-5(16)9(17)10(18)11(19)12-14-7-3-2-6(13)4-8(7)15-12/h2-5,9-11,16-19H,1H3,(H,14,15)/t5?,9-,10?,11?/m1/s1. The van der Waals surface area contributed by atoms with Gasteiger partial charge in [-0.2, -0.15) is 0 Å². The molecule has 19 heavy (non-hydrogen) atoms. The van der Waals surface area contributed by atoms with E-state index in [-0.39, 0.29) is 5.82 Å². The first-order chi connectivity index (χ1) is 8.90. The van der Waals surface area contributed by atoms with Gasteiger partial charge >= 0.3 is 0 Å². The number of hydrogen-bond donors (Lipinski definition) is 5. The van der Waals surface area contributed by atoms with Crippen molar-refractivity contribution < 1.29 is 24.8 Å². The fraction of sp³-hybridized carbons (Fsp3) is 0.417. The molecule has 6 nitrogen and oxygen atoms in total. The first-order valence-electron chi connectivity index (χ1n) is 5.77. The number of aliphatic hydroxyl groups excluding tert-OH is 4.